The highest BCUT2D eigenvalue weighted by Crippen LogP contribution is 2.08. The van der Waals surface area contributed by atoms with Crippen molar-refractivity contribution in [3.63, 3.8) is 0 Å². The van der Waals surface area contributed by atoms with Crippen molar-refractivity contribution in [2.24, 2.45) is 0 Å². The first-order valence-electron chi connectivity index (χ1n) is 6.55. The lowest BCUT2D eigenvalue weighted by atomic mass is 10.2. The number of anilines is 1. The van der Waals surface area contributed by atoms with Gasteiger partial charge in [0, 0.05) is 30.2 Å². The van der Waals surface area contributed by atoms with Gasteiger partial charge < -0.3 is 9.88 Å². The maximum atomic E-state index is 11.9. The molecule has 100 valence electrons. The summed E-state index contributed by atoms with van der Waals surface area (Å²) in [7, 11) is 0. The number of nitrogens with zero attached hydrogens (tertiary/aromatic N) is 2. The summed E-state index contributed by atoms with van der Waals surface area (Å²) in [5, 5.41) is 3.32. The van der Waals surface area contributed by atoms with Gasteiger partial charge in [-0.1, -0.05) is 13.0 Å². The predicted octanol–water partition coefficient (Wildman–Crippen LogP) is 2.42. The van der Waals surface area contributed by atoms with E-state index in [0.29, 0.717) is 6.54 Å². The van der Waals surface area contributed by atoms with E-state index in [-0.39, 0.29) is 5.56 Å². The molecule has 0 atom stereocenters. The van der Waals surface area contributed by atoms with E-state index in [1.165, 1.54) is 0 Å². The molecule has 0 spiro atoms. The lowest BCUT2D eigenvalue weighted by Gasteiger charge is -2.08. The van der Waals surface area contributed by atoms with Crippen LogP contribution in [0.4, 0.5) is 5.69 Å². The van der Waals surface area contributed by atoms with Crippen molar-refractivity contribution >= 4 is 5.69 Å². The molecule has 0 saturated carbocycles. The van der Waals surface area contributed by atoms with E-state index >= 15 is 0 Å². The summed E-state index contributed by atoms with van der Waals surface area (Å²) in [5.41, 5.74) is 2.72. The van der Waals surface area contributed by atoms with Crippen LogP contribution in [-0.2, 0) is 6.54 Å². The maximum absolute atomic E-state index is 11.9. The van der Waals surface area contributed by atoms with E-state index in [2.05, 4.69) is 17.2 Å². The normalized spacial score (nSPS) is 10.4. The van der Waals surface area contributed by atoms with Crippen LogP contribution in [0.15, 0.2) is 41.5 Å². The number of pyridine rings is 2. The second-order valence-corrected chi connectivity index (χ2v) is 4.59. The Morgan fingerprint density at radius 3 is 3.00 bits per heavy atom. The highest BCUT2D eigenvalue weighted by molar-refractivity contribution is 5.43. The maximum Gasteiger partial charge on any atom is 0.253 e. The molecule has 2 aromatic rings. The number of aromatic nitrogens is 2. The molecule has 2 rings (SSSR count). The molecule has 0 amide bonds. The van der Waals surface area contributed by atoms with Crippen LogP contribution in [0.3, 0.4) is 0 Å². The number of hydrogen-bond acceptors (Lipinski definition) is 3. The lowest BCUT2D eigenvalue weighted by Crippen LogP contribution is -2.22. The van der Waals surface area contributed by atoms with Gasteiger partial charge in [-0.15, -0.1) is 0 Å². The van der Waals surface area contributed by atoms with Crippen molar-refractivity contribution in [2.75, 3.05) is 11.9 Å². The quantitative estimate of drug-likeness (QED) is 0.894. The van der Waals surface area contributed by atoms with Crippen molar-refractivity contribution in [1.29, 1.82) is 0 Å². The fourth-order valence-corrected chi connectivity index (χ4v) is 1.90. The summed E-state index contributed by atoms with van der Waals surface area (Å²) in [6, 6.07) is 7.64. The Bertz CT molecular complexity index is 604. The second kappa shape index (κ2) is 6.18. The van der Waals surface area contributed by atoms with Gasteiger partial charge in [0.25, 0.3) is 5.56 Å². The van der Waals surface area contributed by atoms with Gasteiger partial charge in [-0.2, -0.15) is 0 Å². The Morgan fingerprint density at radius 2 is 2.21 bits per heavy atom. The van der Waals surface area contributed by atoms with Crippen LogP contribution >= 0.6 is 0 Å². The Labute approximate surface area is 113 Å². The molecule has 0 radical (unpaired) electrons. The molecule has 4 heteroatoms. The van der Waals surface area contributed by atoms with Crippen LogP contribution < -0.4 is 10.9 Å². The molecule has 0 unspecified atom stereocenters. The molecular formula is C15H19N3O. The van der Waals surface area contributed by atoms with Gasteiger partial charge in [0.1, 0.15) is 0 Å². The summed E-state index contributed by atoms with van der Waals surface area (Å²) >= 11 is 0. The van der Waals surface area contributed by atoms with Crippen LogP contribution in [0.2, 0.25) is 0 Å². The van der Waals surface area contributed by atoms with E-state index in [9.17, 15) is 4.79 Å². The molecule has 0 aromatic carbocycles. The summed E-state index contributed by atoms with van der Waals surface area (Å²) in [6.45, 7) is 5.39. The number of hydrogen-bond donors (Lipinski definition) is 1. The minimum Gasteiger partial charge on any atom is -0.385 e. The van der Waals surface area contributed by atoms with Gasteiger partial charge in [0.2, 0.25) is 0 Å². The molecule has 2 heterocycles. The van der Waals surface area contributed by atoms with Crippen molar-refractivity contribution in [1.82, 2.24) is 9.55 Å². The summed E-state index contributed by atoms with van der Waals surface area (Å²) < 4.78 is 1.68. The SMILES string of the molecule is CCCNc1ccnc(Cn2cccc(C)c2=O)c1. The van der Waals surface area contributed by atoms with Crippen molar-refractivity contribution in [3.05, 3.63) is 58.3 Å². The highest BCUT2D eigenvalue weighted by Gasteiger charge is 2.02. The zero-order valence-electron chi connectivity index (χ0n) is 11.4. The van der Waals surface area contributed by atoms with Crippen molar-refractivity contribution in [3.8, 4) is 0 Å². The molecule has 1 N–H and O–H groups in total. The van der Waals surface area contributed by atoms with Crippen molar-refractivity contribution < 1.29 is 0 Å². The monoisotopic (exact) mass is 257 g/mol. The molecule has 19 heavy (non-hydrogen) atoms. The molecule has 2 aromatic heterocycles. The summed E-state index contributed by atoms with van der Waals surface area (Å²) in [6.07, 6.45) is 4.65. The summed E-state index contributed by atoms with van der Waals surface area (Å²) in [4.78, 5) is 16.3. The zero-order valence-corrected chi connectivity index (χ0v) is 11.4. The van der Waals surface area contributed by atoms with Crippen molar-refractivity contribution in [2.45, 2.75) is 26.8 Å². The Kier molecular flexibility index (Phi) is 4.34. The molecule has 0 fully saturated rings. The number of nitrogens with one attached hydrogen (secondary N) is 1. The van der Waals surface area contributed by atoms with Gasteiger partial charge >= 0.3 is 0 Å². The van der Waals surface area contributed by atoms with E-state index in [4.69, 9.17) is 0 Å². The second-order valence-electron chi connectivity index (χ2n) is 4.59. The summed E-state index contributed by atoms with van der Waals surface area (Å²) in [5.74, 6) is 0. The van der Waals surface area contributed by atoms with Gasteiger partial charge in [-0.05, 0) is 31.5 Å². The molecule has 0 aliphatic rings. The first-order chi connectivity index (χ1) is 9.20. The van der Waals surface area contributed by atoms with Gasteiger partial charge in [-0.3, -0.25) is 9.78 Å². The third-order valence-corrected chi connectivity index (χ3v) is 2.94. The van der Waals surface area contributed by atoms with Crippen LogP contribution in [0.5, 0.6) is 0 Å². The number of aryl methyl sites for hydroxylation is 1. The fourth-order valence-electron chi connectivity index (χ4n) is 1.90. The lowest BCUT2D eigenvalue weighted by molar-refractivity contribution is 0.733. The van der Waals surface area contributed by atoms with E-state index in [1.54, 1.807) is 17.0 Å². The highest BCUT2D eigenvalue weighted by atomic mass is 16.1. The minimum absolute atomic E-state index is 0.0382. The molecule has 0 aliphatic heterocycles. The average molecular weight is 257 g/mol. The van der Waals surface area contributed by atoms with Crippen LogP contribution in [0, 0.1) is 6.92 Å². The van der Waals surface area contributed by atoms with E-state index in [1.807, 2.05) is 31.2 Å². The first-order valence-corrected chi connectivity index (χ1v) is 6.55. The largest absolute Gasteiger partial charge is 0.385 e. The average Bonchev–Trinajstić information content (AvgIpc) is 2.42. The fraction of sp³-hybridized carbons (Fsp3) is 0.333. The van der Waals surface area contributed by atoms with Crippen LogP contribution in [-0.4, -0.2) is 16.1 Å². The van der Waals surface area contributed by atoms with Gasteiger partial charge in [0.15, 0.2) is 0 Å². The van der Waals surface area contributed by atoms with E-state index < -0.39 is 0 Å². The molecular weight excluding hydrogens is 238 g/mol. The molecule has 0 bridgehead atoms. The third kappa shape index (κ3) is 3.44. The molecule has 0 aliphatic carbocycles. The predicted molar refractivity (Wildman–Crippen MR) is 77.6 cm³/mol. The Morgan fingerprint density at radius 1 is 1.37 bits per heavy atom. The molecule has 4 nitrogen and oxygen atoms in total. The van der Waals surface area contributed by atoms with Crippen LogP contribution in [0.1, 0.15) is 24.6 Å². The minimum atomic E-state index is 0.0382. The smallest absolute Gasteiger partial charge is 0.253 e. The van der Waals surface area contributed by atoms with Gasteiger partial charge in [-0.25, -0.2) is 0 Å². The zero-order chi connectivity index (χ0) is 13.7. The van der Waals surface area contributed by atoms with Gasteiger partial charge in [0.05, 0.1) is 12.2 Å². The first kappa shape index (κ1) is 13.3. The molecule has 0 saturated heterocycles. The Hall–Kier alpha value is -2.10. The standard InChI is InChI=1S/C15H19N3O/c1-3-7-16-13-6-8-17-14(10-13)11-18-9-4-5-12(2)15(18)19/h4-6,8-10H,3,7,11H2,1-2H3,(H,16,17). The van der Waals surface area contributed by atoms with E-state index in [0.717, 1.165) is 29.9 Å². The topological polar surface area (TPSA) is 46.9 Å². The third-order valence-electron chi connectivity index (χ3n) is 2.94. The van der Waals surface area contributed by atoms with Crippen LogP contribution in [0.25, 0.3) is 0 Å². The number of rotatable bonds is 5. The Balaban J connectivity index is 2.19.